The van der Waals surface area contributed by atoms with Gasteiger partial charge in [0.25, 0.3) is 0 Å². The molecule has 2 aromatic rings. The van der Waals surface area contributed by atoms with Crippen molar-refractivity contribution in [2.45, 2.75) is 30.5 Å². The number of rotatable bonds is 5. The van der Waals surface area contributed by atoms with Gasteiger partial charge in [0.15, 0.2) is 0 Å². The highest BCUT2D eigenvalue weighted by Gasteiger charge is 2.17. The second-order valence-electron chi connectivity index (χ2n) is 6.05. The zero-order valence-corrected chi connectivity index (χ0v) is 14.6. The van der Waals surface area contributed by atoms with Crippen LogP contribution >= 0.6 is 11.8 Å². The van der Waals surface area contributed by atoms with Crippen molar-refractivity contribution in [2.24, 2.45) is 5.92 Å². The van der Waals surface area contributed by atoms with E-state index >= 15 is 0 Å². The highest BCUT2D eigenvalue weighted by molar-refractivity contribution is 7.98. The SMILES string of the molecule is COc1cccc(CSc2cc(N3CCCC(C)C3)ncn2)c1. The molecule has 0 spiro atoms. The monoisotopic (exact) mass is 329 g/mol. The van der Waals surface area contributed by atoms with Crippen molar-refractivity contribution < 1.29 is 4.74 Å². The Morgan fingerprint density at radius 2 is 2.22 bits per heavy atom. The molecule has 0 saturated carbocycles. The first-order valence-corrected chi connectivity index (χ1v) is 9.06. The minimum atomic E-state index is 0.742. The summed E-state index contributed by atoms with van der Waals surface area (Å²) in [6.07, 6.45) is 4.25. The van der Waals surface area contributed by atoms with Crippen LogP contribution in [0.5, 0.6) is 5.75 Å². The van der Waals surface area contributed by atoms with Crippen molar-refractivity contribution in [2.75, 3.05) is 25.1 Å². The number of ether oxygens (including phenoxy) is 1. The third-order valence-electron chi connectivity index (χ3n) is 4.13. The number of benzene rings is 1. The average Bonchev–Trinajstić information content (AvgIpc) is 2.60. The highest BCUT2D eigenvalue weighted by atomic mass is 32.2. The Labute approximate surface area is 142 Å². The maximum Gasteiger partial charge on any atom is 0.133 e. The Balaban J connectivity index is 1.65. The molecule has 1 aromatic heterocycles. The molecule has 1 aromatic carbocycles. The zero-order chi connectivity index (χ0) is 16.1. The maximum absolute atomic E-state index is 5.27. The summed E-state index contributed by atoms with van der Waals surface area (Å²) in [6, 6.07) is 10.3. The summed E-state index contributed by atoms with van der Waals surface area (Å²) >= 11 is 1.74. The van der Waals surface area contributed by atoms with Gasteiger partial charge in [0.2, 0.25) is 0 Å². The lowest BCUT2D eigenvalue weighted by molar-refractivity contribution is 0.414. The number of anilines is 1. The molecule has 1 fully saturated rings. The summed E-state index contributed by atoms with van der Waals surface area (Å²) in [4.78, 5) is 11.2. The molecule has 1 atom stereocenters. The summed E-state index contributed by atoms with van der Waals surface area (Å²) < 4.78 is 5.27. The number of hydrogen-bond donors (Lipinski definition) is 0. The van der Waals surface area contributed by atoms with Crippen LogP contribution in [0.15, 0.2) is 41.7 Å². The Morgan fingerprint density at radius 1 is 1.30 bits per heavy atom. The second kappa shape index (κ2) is 7.68. The molecule has 0 bridgehead atoms. The van der Waals surface area contributed by atoms with Crippen molar-refractivity contribution in [3.8, 4) is 5.75 Å². The van der Waals surface area contributed by atoms with E-state index in [9.17, 15) is 0 Å². The number of hydrogen-bond acceptors (Lipinski definition) is 5. The van der Waals surface area contributed by atoms with Crippen LogP contribution < -0.4 is 9.64 Å². The van der Waals surface area contributed by atoms with Crippen molar-refractivity contribution in [3.63, 3.8) is 0 Å². The van der Waals surface area contributed by atoms with Gasteiger partial charge >= 0.3 is 0 Å². The molecule has 2 heterocycles. The van der Waals surface area contributed by atoms with E-state index in [0.29, 0.717) is 0 Å². The van der Waals surface area contributed by atoms with E-state index in [2.05, 4.69) is 40.0 Å². The molecule has 1 aliphatic heterocycles. The van der Waals surface area contributed by atoms with Crippen molar-refractivity contribution in [1.29, 1.82) is 0 Å². The van der Waals surface area contributed by atoms with Gasteiger partial charge in [0, 0.05) is 24.9 Å². The molecule has 0 aliphatic carbocycles. The van der Waals surface area contributed by atoms with Crippen molar-refractivity contribution >= 4 is 17.6 Å². The van der Waals surface area contributed by atoms with Crippen LogP contribution in [-0.2, 0) is 5.75 Å². The first-order valence-electron chi connectivity index (χ1n) is 8.07. The molecule has 0 radical (unpaired) electrons. The molecule has 23 heavy (non-hydrogen) atoms. The largest absolute Gasteiger partial charge is 0.497 e. The molecule has 122 valence electrons. The third kappa shape index (κ3) is 4.38. The maximum atomic E-state index is 5.27. The van der Waals surface area contributed by atoms with Crippen LogP contribution in [0.2, 0.25) is 0 Å². The van der Waals surface area contributed by atoms with Gasteiger partial charge in [-0.2, -0.15) is 0 Å². The minimum absolute atomic E-state index is 0.742. The summed E-state index contributed by atoms with van der Waals surface area (Å²) in [6.45, 7) is 4.50. The van der Waals surface area contributed by atoms with Gasteiger partial charge in [-0.1, -0.05) is 19.1 Å². The topological polar surface area (TPSA) is 38.2 Å². The molecular formula is C18H23N3OS. The minimum Gasteiger partial charge on any atom is -0.497 e. The Kier molecular flexibility index (Phi) is 5.39. The second-order valence-corrected chi connectivity index (χ2v) is 7.04. The number of methoxy groups -OCH3 is 1. The van der Waals surface area contributed by atoms with Gasteiger partial charge in [0.1, 0.15) is 22.9 Å². The van der Waals surface area contributed by atoms with E-state index in [1.807, 2.05) is 12.1 Å². The van der Waals surface area contributed by atoms with Crippen LogP contribution in [0.25, 0.3) is 0 Å². The fourth-order valence-corrected chi connectivity index (χ4v) is 3.70. The zero-order valence-electron chi connectivity index (χ0n) is 13.7. The van der Waals surface area contributed by atoms with E-state index in [1.165, 1.54) is 18.4 Å². The molecule has 4 nitrogen and oxygen atoms in total. The van der Waals surface area contributed by atoms with Crippen molar-refractivity contribution in [3.05, 3.63) is 42.2 Å². The summed E-state index contributed by atoms with van der Waals surface area (Å²) in [5, 5.41) is 1.02. The standard InChI is InChI=1S/C18H23N3OS/c1-14-5-4-8-21(11-14)17-10-18(20-13-19-17)23-12-15-6-3-7-16(9-15)22-2/h3,6-7,9-10,13-14H,4-5,8,11-12H2,1-2H3. The predicted octanol–water partition coefficient (Wildman–Crippen LogP) is 4.01. The lowest BCUT2D eigenvalue weighted by Gasteiger charge is -2.31. The van der Waals surface area contributed by atoms with Crippen LogP contribution in [0.4, 0.5) is 5.82 Å². The van der Waals surface area contributed by atoms with Gasteiger partial charge in [-0.25, -0.2) is 9.97 Å². The Hall–Kier alpha value is -1.75. The van der Waals surface area contributed by atoms with E-state index in [-0.39, 0.29) is 0 Å². The number of nitrogens with zero attached hydrogens (tertiary/aromatic N) is 3. The fourth-order valence-electron chi connectivity index (χ4n) is 2.90. The molecular weight excluding hydrogens is 306 g/mol. The smallest absolute Gasteiger partial charge is 0.133 e. The summed E-state index contributed by atoms with van der Waals surface area (Å²) in [5.74, 6) is 3.57. The lowest BCUT2D eigenvalue weighted by atomic mass is 10.0. The lowest BCUT2D eigenvalue weighted by Crippen LogP contribution is -2.34. The van der Waals surface area contributed by atoms with Gasteiger partial charge in [0.05, 0.1) is 7.11 Å². The average molecular weight is 329 g/mol. The van der Waals surface area contributed by atoms with E-state index in [4.69, 9.17) is 4.74 Å². The summed E-state index contributed by atoms with van der Waals surface area (Å²) in [5.41, 5.74) is 1.24. The normalized spacial score (nSPS) is 18.0. The van der Waals surface area contributed by atoms with Crippen LogP contribution in [-0.4, -0.2) is 30.2 Å². The number of thioether (sulfide) groups is 1. The fraction of sp³-hybridized carbons (Fsp3) is 0.444. The number of aromatic nitrogens is 2. The van der Waals surface area contributed by atoms with Gasteiger partial charge in [-0.05, 0) is 36.5 Å². The first-order chi connectivity index (χ1) is 11.2. The molecule has 1 unspecified atom stereocenters. The van der Waals surface area contributed by atoms with Crippen LogP contribution in [0.3, 0.4) is 0 Å². The van der Waals surface area contributed by atoms with Crippen LogP contribution in [0.1, 0.15) is 25.3 Å². The van der Waals surface area contributed by atoms with Crippen LogP contribution in [0, 0.1) is 5.92 Å². The summed E-state index contributed by atoms with van der Waals surface area (Å²) in [7, 11) is 1.70. The number of piperidine rings is 1. The predicted molar refractivity (Wildman–Crippen MR) is 95.2 cm³/mol. The van der Waals surface area contributed by atoms with Gasteiger partial charge < -0.3 is 9.64 Å². The molecule has 1 aliphatic rings. The quantitative estimate of drug-likeness (QED) is 0.612. The molecule has 5 heteroatoms. The molecule has 1 saturated heterocycles. The molecule has 0 amide bonds. The highest BCUT2D eigenvalue weighted by Crippen LogP contribution is 2.27. The molecule has 0 N–H and O–H groups in total. The van der Waals surface area contributed by atoms with Gasteiger partial charge in [-0.3, -0.25) is 0 Å². The first kappa shape index (κ1) is 16.1. The molecule has 3 rings (SSSR count). The van der Waals surface area contributed by atoms with E-state index in [0.717, 1.165) is 41.4 Å². The Bertz CT molecular complexity index is 650. The Morgan fingerprint density at radius 3 is 3.04 bits per heavy atom. The van der Waals surface area contributed by atoms with Crippen molar-refractivity contribution in [1.82, 2.24) is 9.97 Å². The van der Waals surface area contributed by atoms with E-state index < -0.39 is 0 Å². The van der Waals surface area contributed by atoms with E-state index in [1.54, 1.807) is 25.2 Å². The third-order valence-corrected chi connectivity index (χ3v) is 5.13. The van der Waals surface area contributed by atoms with Gasteiger partial charge in [-0.15, -0.1) is 11.8 Å².